The number of anilines is 3. The Labute approximate surface area is 224 Å². The van der Waals surface area contributed by atoms with Gasteiger partial charge in [0.15, 0.2) is 0 Å². The summed E-state index contributed by atoms with van der Waals surface area (Å²) in [7, 11) is 0. The number of imide groups is 1. The molecule has 0 saturated carbocycles. The molecule has 0 aliphatic carbocycles. The van der Waals surface area contributed by atoms with Gasteiger partial charge in [-0.2, -0.15) is 0 Å². The first kappa shape index (κ1) is 25.5. The van der Waals surface area contributed by atoms with Crippen LogP contribution in [0.15, 0.2) is 54.6 Å². The summed E-state index contributed by atoms with van der Waals surface area (Å²) in [5.41, 5.74) is 1.67. The quantitative estimate of drug-likeness (QED) is 0.460. The van der Waals surface area contributed by atoms with E-state index in [2.05, 4.69) is 10.1 Å². The molecule has 4 amide bonds. The number of nitrogens with zero attached hydrogens (tertiary/aromatic N) is 3. The van der Waals surface area contributed by atoms with E-state index in [4.69, 9.17) is 0 Å². The van der Waals surface area contributed by atoms with Crippen LogP contribution in [0.5, 0.6) is 5.75 Å². The molecule has 3 aromatic rings. The number of benzene rings is 3. The number of hydrogen-bond acceptors (Lipinski definition) is 6. The van der Waals surface area contributed by atoms with Gasteiger partial charge in [-0.3, -0.25) is 29.5 Å². The SMILES string of the molecule is O=C1CCC(N2C(=O)c3cc(N4CC(N(C(=O)O)c5cccc(OC(F)(F)F)c5)C4)cc4cccc2c34)C(=O)N1. The average molecular weight is 554 g/mol. The largest absolute Gasteiger partial charge is 0.573 e. The molecule has 3 heterocycles. The first-order valence-electron chi connectivity index (χ1n) is 12.4. The van der Waals surface area contributed by atoms with Gasteiger partial charge >= 0.3 is 12.5 Å². The van der Waals surface area contributed by atoms with Gasteiger partial charge in [-0.05, 0) is 42.1 Å². The van der Waals surface area contributed by atoms with Crippen molar-refractivity contribution in [2.24, 2.45) is 0 Å². The summed E-state index contributed by atoms with van der Waals surface area (Å²) in [4.78, 5) is 54.1. The maximum absolute atomic E-state index is 13.5. The van der Waals surface area contributed by atoms with Crippen LogP contribution in [0.2, 0.25) is 0 Å². The second kappa shape index (κ2) is 9.14. The van der Waals surface area contributed by atoms with Gasteiger partial charge in [0, 0.05) is 36.7 Å². The molecule has 0 spiro atoms. The number of piperidine rings is 1. The molecule has 1 unspecified atom stereocenters. The molecule has 0 aromatic heterocycles. The zero-order valence-corrected chi connectivity index (χ0v) is 20.6. The van der Waals surface area contributed by atoms with Gasteiger partial charge in [0.25, 0.3) is 5.91 Å². The average Bonchev–Trinajstić information content (AvgIpc) is 3.12. The molecule has 0 radical (unpaired) electrons. The third kappa shape index (κ3) is 4.32. The first-order valence-corrected chi connectivity index (χ1v) is 12.4. The lowest BCUT2D eigenvalue weighted by molar-refractivity contribution is -0.274. The molecule has 6 rings (SSSR count). The minimum atomic E-state index is -4.91. The summed E-state index contributed by atoms with van der Waals surface area (Å²) in [6.07, 6.45) is -5.91. The molecular weight excluding hydrogens is 533 g/mol. The highest BCUT2D eigenvalue weighted by Crippen LogP contribution is 2.42. The smallest absolute Gasteiger partial charge is 0.465 e. The number of rotatable bonds is 5. The van der Waals surface area contributed by atoms with Crippen molar-refractivity contribution in [3.05, 3.63) is 60.2 Å². The molecule has 206 valence electrons. The molecule has 0 bridgehead atoms. The molecule has 40 heavy (non-hydrogen) atoms. The van der Waals surface area contributed by atoms with E-state index >= 15 is 0 Å². The summed E-state index contributed by atoms with van der Waals surface area (Å²) in [6.45, 7) is 0.457. The third-order valence-corrected chi connectivity index (χ3v) is 7.30. The topological polar surface area (TPSA) is 119 Å². The first-order chi connectivity index (χ1) is 19.0. The number of carbonyl (C=O) groups is 4. The van der Waals surface area contributed by atoms with Crippen molar-refractivity contribution in [2.75, 3.05) is 27.8 Å². The van der Waals surface area contributed by atoms with Crippen molar-refractivity contribution in [1.82, 2.24) is 5.32 Å². The number of carboxylic acid groups (broad SMARTS) is 1. The highest BCUT2D eigenvalue weighted by Gasteiger charge is 2.42. The summed E-state index contributed by atoms with van der Waals surface area (Å²) >= 11 is 0. The van der Waals surface area contributed by atoms with Crippen LogP contribution in [0.1, 0.15) is 23.2 Å². The maximum Gasteiger partial charge on any atom is 0.573 e. The Bertz CT molecular complexity index is 1590. The summed E-state index contributed by atoms with van der Waals surface area (Å²) in [5, 5.41) is 13.6. The lowest BCUT2D eigenvalue weighted by Gasteiger charge is -2.45. The van der Waals surface area contributed by atoms with Gasteiger partial charge in [-0.25, -0.2) is 4.79 Å². The van der Waals surface area contributed by atoms with Gasteiger partial charge in [-0.1, -0.05) is 18.2 Å². The van der Waals surface area contributed by atoms with E-state index in [9.17, 15) is 37.5 Å². The Balaban J connectivity index is 1.25. The molecular formula is C27H21F3N4O6. The van der Waals surface area contributed by atoms with Crippen molar-refractivity contribution in [3.8, 4) is 5.75 Å². The number of hydrogen-bond donors (Lipinski definition) is 2. The van der Waals surface area contributed by atoms with E-state index in [-0.39, 0.29) is 43.4 Å². The Morgan fingerprint density at radius 3 is 2.50 bits per heavy atom. The molecule has 3 aliphatic rings. The predicted molar refractivity (Wildman–Crippen MR) is 137 cm³/mol. The molecule has 2 fully saturated rings. The Kier molecular flexibility index (Phi) is 5.82. The second-order valence-electron chi connectivity index (χ2n) is 9.77. The fourth-order valence-electron chi connectivity index (χ4n) is 5.56. The van der Waals surface area contributed by atoms with Crippen LogP contribution in [-0.2, 0) is 9.59 Å². The Morgan fingerprint density at radius 2 is 1.80 bits per heavy atom. The normalized spacial score (nSPS) is 19.1. The number of ether oxygens (including phenoxy) is 1. The van der Waals surface area contributed by atoms with Crippen LogP contribution < -0.4 is 24.8 Å². The number of alkyl halides is 3. The molecule has 3 aliphatic heterocycles. The maximum atomic E-state index is 13.5. The minimum Gasteiger partial charge on any atom is -0.465 e. The number of carbonyl (C=O) groups excluding carboxylic acids is 3. The second-order valence-corrected chi connectivity index (χ2v) is 9.77. The minimum absolute atomic E-state index is 0.0377. The molecule has 3 aromatic carbocycles. The summed E-state index contributed by atoms with van der Waals surface area (Å²) in [5.74, 6) is -1.81. The highest BCUT2D eigenvalue weighted by molar-refractivity contribution is 6.27. The number of halogens is 3. The van der Waals surface area contributed by atoms with Crippen LogP contribution >= 0.6 is 0 Å². The van der Waals surface area contributed by atoms with Gasteiger partial charge in [0.05, 0.1) is 23.0 Å². The van der Waals surface area contributed by atoms with Gasteiger partial charge in [0.2, 0.25) is 11.8 Å². The van der Waals surface area contributed by atoms with Crippen LogP contribution in [0, 0.1) is 0 Å². The van der Waals surface area contributed by atoms with Gasteiger partial charge in [-0.15, -0.1) is 13.2 Å². The van der Waals surface area contributed by atoms with E-state index in [1.807, 2.05) is 17.0 Å². The van der Waals surface area contributed by atoms with Crippen molar-refractivity contribution in [3.63, 3.8) is 0 Å². The van der Waals surface area contributed by atoms with Crippen LogP contribution in [0.3, 0.4) is 0 Å². The number of nitrogens with one attached hydrogen (secondary N) is 1. The molecule has 13 heteroatoms. The van der Waals surface area contributed by atoms with Crippen LogP contribution in [0.4, 0.5) is 35.0 Å². The standard InChI is InChI=1S/C27H21F3N4O6/c28-27(29,30)40-18-5-2-4-15(10-18)33(26(38)39)17-12-32(13-17)16-9-14-3-1-6-20-23(14)19(11-16)25(37)34(20)21-7-8-22(35)31-24(21)36/h1-6,9-11,17,21H,7-8,12-13H2,(H,38,39)(H,31,35,36). The summed E-state index contributed by atoms with van der Waals surface area (Å²) in [6, 6.07) is 12.3. The summed E-state index contributed by atoms with van der Waals surface area (Å²) < 4.78 is 41.9. The zero-order chi connectivity index (χ0) is 28.3. The molecule has 2 saturated heterocycles. The van der Waals surface area contributed by atoms with Gasteiger partial charge < -0.3 is 14.7 Å². The van der Waals surface area contributed by atoms with E-state index in [1.54, 1.807) is 18.2 Å². The Morgan fingerprint density at radius 1 is 1.05 bits per heavy atom. The van der Waals surface area contributed by atoms with Crippen LogP contribution in [-0.4, -0.2) is 60.5 Å². The van der Waals surface area contributed by atoms with Crippen molar-refractivity contribution in [1.29, 1.82) is 0 Å². The lowest BCUT2D eigenvalue weighted by Crippen LogP contribution is -2.61. The van der Waals surface area contributed by atoms with Crippen molar-refractivity contribution < 1.29 is 42.2 Å². The number of amides is 4. The molecule has 10 nitrogen and oxygen atoms in total. The molecule has 1 atom stereocenters. The third-order valence-electron chi connectivity index (χ3n) is 7.30. The van der Waals surface area contributed by atoms with Crippen LogP contribution in [0.25, 0.3) is 10.8 Å². The highest BCUT2D eigenvalue weighted by atomic mass is 19.4. The predicted octanol–water partition coefficient (Wildman–Crippen LogP) is 3.88. The van der Waals surface area contributed by atoms with Crippen molar-refractivity contribution >= 4 is 51.6 Å². The Hall–Kier alpha value is -4.81. The zero-order valence-electron chi connectivity index (χ0n) is 20.6. The fraction of sp³-hybridized carbons (Fsp3) is 0.259. The van der Waals surface area contributed by atoms with E-state index in [0.717, 1.165) is 22.4 Å². The molecule has 2 N–H and O–H groups in total. The van der Waals surface area contributed by atoms with E-state index in [0.29, 0.717) is 22.3 Å². The van der Waals surface area contributed by atoms with Gasteiger partial charge in [0.1, 0.15) is 11.8 Å². The van der Waals surface area contributed by atoms with E-state index < -0.39 is 36.2 Å². The fourth-order valence-corrected chi connectivity index (χ4v) is 5.56. The monoisotopic (exact) mass is 554 g/mol. The lowest BCUT2D eigenvalue weighted by atomic mass is 10.00. The van der Waals surface area contributed by atoms with E-state index in [1.165, 1.54) is 17.0 Å². The van der Waals surface area contributed by atoms with Crippen molar-refractivity contribution in [2.45, 2.75) is 31.3 Å².